The Morgan fingerprint density at radius 1 is 1.27 bits per heavy atom. The van der Waals surface area contributed by atoms with Gasteiger partial charge in [0, 0.05) is 12.0 Å². The van der Waals surface area contributed by atoms with Gasteiger partial charge in [-0.1, -0.05) is 11.6 Å². The molecule has 1 aromatic carbocycles. The van der Waals surface area contributed by atoms with Crippen molar-refractivity contribution in [2.75, 3.05) is 0 Å². The Morgan fingerprint density at radius 3 is 2.47 bits per heavy atom. The van der Waals surface area contributed by atoms with Gasteiger partial charge in [-0.25, -0.2) is 0 Å². The lowest BCUT2D eigenvalue weighted by Gasteiger charge is -2.02. The average Bonchev–Trinajstić information content (AvgIpc) is 2.14. The molecule has 0 fully saturated rings. The molecule has 0 saturated heterocycles. The van der Waals surface area contributed by atoms with Crippen molar-refractivity contribution in [1.82, 2.24) is 0 Å². The van der Waals surface area contributed by atoms with Gasteiger partial charge in [0.25, 0.3) is 0 Å². The Hall–Kier alpha value is -1.55. The molecule has 0 atom stereocenters. The molecule has 1 aromatic rings. The Morgan fingerprint density at radius 2 is 1.93 bits per heavy atom. The van der Waals surface area contributed by atoms with Gasteiger partial charge in [0.2, 0.25) is 0 Å². The summed E-state index contributed by atoms with van der Waals surface area (Å²) in [5.41, 5.74) is 0.232. The lowest BCUT2D eigenvalue weighted by Crippen LogP contribution is -2.04. The van der Waals surface area contributed by atoms with Crippen LogP contribution in [-0.2, 0) is 4.79 Å². The maximum absolute atomic E-state index is 11.5. The highest BCUT2D eigenvalue weighted by molar-refractivity contribution is 6.34. The summed E-state index contributed by atoms with van der Waals surface area (Å²) in [4.78, 5) is 21.7. The van der Waals surface area contributed by atoms with E-state index in [1.54, 1.807) is 0 Å². The van der Waals surface area contributed by atoms with Crippen molar-refractivity contribution >= 4 is 23.4 Å². The van der Waals surface area contributed by atoms with E-state index in [9.17, 15) is 9.59 Å². The summed E-state index contributed by atoms with van der Waals surface area (Å²) in [7, 11) is 0. The Bertz CT molecular complexity index is 400. The molecule has 0 aliphatic rings. The van der Waals surface area contributed by atoms with Crippen LogP contribution < -0.4 is 0 Å². The van der Waals surface area contributed by atoms with E-state index in [0.29, 0.717) is 0 Å². The Kier molecular flexibility index (Phi) is 3.68. The summed E-state index contributed by atoms with van der Waals surface area (Å²) < 4.78 is 0. The molecule has 0 unspecified atom stereocenters. The number of carbonyl (C=O) groups excluding carboxylic acids is 1. The summed E-state index contributed by atoms with van der Waals surface area (Å²) in [5.74, 6) is -1.41. The summed E-state index contributed by atoms with van der Waals surface area (Å²) in [5, 5.41) is 17.6. The predicted octanol–water partition coefficient (Wildman–Crippen LogP) is 2.09. The number of carboxylic acids is 1. The maximum Gasteiger partial charge on any atom is 0.303 e. The number of phenols is 1. The van der Waals surface area contributed by atoms with Crippen molar-refractivity contribution in [3.63, 3.8) is 0 Å². The highest BCUT2D eigenvalue weighted by atomic mass is 35.5. The molecule has 0 aliphatic carbocycles. The number of Topliss-reactive ketones (excluding diaryl/α,β-unsaturated/α-hetero) is 1. The van der Waals surface area contributed by atoms with Crippen molar-refractivity contribution in [2.45, 2.75) is 12.8 Å². The van der Waals surface area contributed by atoms with Gasteiger partial charge >= 0.3 is 5.97 Å². The highest BCUT2D eigenvalue weighted by Crippen LogP contribution is 2.22. The zero-order valence-electron chi connectivity index (χ0n) is 7.74. The molecule has 2 N–H and O–H groups in total. The smallest absolute Gasteiger partial charge is 0.303 e. The van der Waals surface area contributed by atoms with Crippen LogP contribution in [0.1, 0.15) is 23.2 Å². The monoisotopic (exact) mass is 228 g/mol. The number of benzene rings is 1. The number of carboxylic acid groups (broad SMARTS) is 1. The highest BCUT2D eigenvalue weighted by Gasteiger charge is 2.12. The van der Waals surface area contributed by atoms with Crippen molar-refractivity contribution in [1.29, 1.82) is 0 Å². The molecule has 0 spiro atoms. The van der Waals surface area contributed by atoms with E-state index in [0.717, 1.165) is 0 Å². The van der Waals surface area contributed by atoms with Gasteiger partial charge in [-0.15, -0.1) is 0 Å². The molecule has 0 bridgehead atoms. The predicted molar refractivity (Wildman–Crippen MR) is 54.3 cm³/mol. The van der Waals surface area contributed by atoms with Crippen LogP contribution in [0.15, 0.2) is 18.2 Å². The molecule has 5 heteroatoms. The number of phenolic OH excluding ortho intramolecular Hbond substituents is 1. The van der Waals surface area contributed by atoms with Gasteiger partial charge < -0.3 is 10.2 Å². The van der Waals surface area contributed by atoms with Crippen LogP contribution in [0.2, 0.25) is 5.02 Å². The molecular weight excluding hydrogens is 220 g/mol. The molecule has 0 aliphatic heterocycles. The Balaban J connectivity index is 2.78. The van der Waals surface area contributed by atoms with E-state index in [-0.39, 0.29) is 35.0 Å². The number of hydrogen-bond donors (Lipinski definition) is 2. The summed E-state index contributed by atoms with van der Waals surface area (Å²) >= 11 is 5.71. The minimum Gasteiger partial charge on any atom is -0.508 e. The van der Waals surface area contributed by atoms with Crippen LogP contribution >= 0.6 is 11.6 Å². The van der Waals surface area contributed by atoms with Crippen LogP contribution in [0.4, 0.5) is 0 Å². The summed E-state index contributed by atoms with van der Waals surface area (Å²) in [6.45, 7) is 0. The summed E-state index contributed by atoms with van der Waals surface area (Å²) in [6, 6.07) is 3.96. The zero-order chi connectivity index (χ0) is 11.4. The van der Waals surface area contributed by atoms with Crippen molar-refractivity contribution in [3.8, 4) is 5.75 Å². The fourth-order valence-electron chi connectivity index (χ4n) is 1.09. The van der Waals surface area contributed by atoms with Crippen molar-refractivity contribution in [3.05, 3.63) is 28.8 Å². The lowest BCUT2D eigenvalue weighted by atomic mass is 10.1. The van der Waals surface area contributed by atoms with Crippen LogP contribution in [0.25, 0.3) is 0 Å². The largest absolute Gasteiger partial charge is 0.508 e. The third-order valence-electron chi connectivity index (χ3n) is 1.82. The molecule has 80 valence electrons. The molecule has 0 aromatic heterocycles. The minimum atomic E-state index is -1.03. The molecule has 15 heavy (non-hydrogen) atoms. The number of aromatic hydroxyl groups is 1. The SMILES string of the molecule is O=C(O)CCC(=O)c1ccc(O)cc1Cl. The number of halogens is 1. The first-order chi connectivity index (χ1) is 7.00. The molecule has 0 amide bonds. The molecule has 0 saturated carbocycles. The number of aliphatic carboxylic acids is 1. The molecule has 0 heterocycles. The van der Waals surface area contributed by atoms with Gasteiger partial charge in [-0.2, -0.15) is 0 Å². The van der Waals surface area contributed by atoms with E-state index in [1.165, 1.54) is 18.2 Å². The molecule has 1 rings (SSSR count). The second-order valence-corrected chi connectivity index (χ2v) is 3.39. The third-order valence-corrected chi connectivity index (χ3v) is 2.13. The van der Waals surface area contributed by atoms with E-state index in [4.69, 9.17) is 21.8 Å². The van der Waals surface area contributed by atoms with Gasteiger partial charge in [0.05, 0.1) is 11.4 Å². The van der Waals surface area contributed by atoms with Crippen LogP contribution in [-0.4, -0.2) is 22.0 Å². The molecular formula is C10H9ClO4. The maximum atomic E-state index is 11.5. The number of carbonyl (C=O) groups is 2. The first kappa shape index (κ1) is 11.5. The zero-order valence-corrected chi connectivity index (χ0v) is 8.49. The Labute approximate surface area is 91.1 Å². The number of rotatable bonds is 4. The van der Waals surface area contributed by atoms with Crippen molar-refractivity contribution in [2.24, 2.45) is 0 Å². The third kappa shape index (κ3) is 3.25. The van der Waals surface area contributed by atoms with Crippen LogP contribution in [0.3, 0.4) is 0 Å². The second kappa shape index (κ2) is 4.79. The standard InChI is InChI=1S/C10H9ClO4/c11-8-5-6(12)1-2-7(8)9(13)3-4-10(14)15/h1-2,5,12H,3-4H2,(H,14,15). The van der Waals surface area contributed by atoms with Crippen LogP contribution in [0, 0.1) is 0 Å². The van der Waals surface area contributed by atoms with Crippen molar-refractivity contribution < 1.29 is 19.8 Å². The lowest BCUT2D eigenvalue weighted by molar-refractivity contribution is -0.136. The topological polar surface area (TPSA) is 74.6 Å². The first-order valence-electron chi connectivity index (χ1n) is 4.24. The van der Waals surface area contributed by atoms with Crippen LogP contribution in [0.5, 0.6) is 5.75 Å². The van der Waals surface area contributed by atoms with E-state index < -0.39 is 5.97 Å². The van der Waals surface area contributed by atoms with E-state index >= 15 is 0 Å². The van der Waals surface area contributed by atoms with Gasteiger partial charge in [-0.3, -0.25) is 9.59 Å². The van der Waals surface area contributed by atoms with Gasteiger partial charge in [-0.05, 0) is 18.2 Å². The molecule has 0 radical (unpaired) electrons. The number of hydrogen-bond acceptors (Lipinski definition) is 3. The minimum absolute atomic E-state index is 0.0326. The van der Waals surface area contributed by atoms with E-state index in [1.807, 2.05) is 0 Å². The average molecular weight is 229 g/mol. The first-order valence-corrected chi connectivity index (χ1v) is 4.62. The molecule has 4 nitrogen and oxygen atoms in total. The van der Waals surface area contributed by atoms with Gasteiger partial charge in [0.1, 0.15) is 5.75 Å². The fraction of sp³-hybridized carbons (Fsp3) is 0.200. The quantitative estimate of drug-likeness (QED) is 0.774. The normalized spacial score (nSPS) is 9.93. The van der Waals surface area contributed by atoms with E-state index in [2.05, 4.69) is 0 Å². The van der Waals surface area contributed by atoms with Gasteiger partial charge in [0.15, 0.2) is 5.78 Å². The fourth-order valence-corrected chi connectivity index (χ4v) is 1.37. The number of ketones is 1. The summed E-state index contributed by atoms with van der Waals surface area (Å²) in [6.07, 6.45) is -0.324. The second-order valence-electron chi connectivity index (χ2n) is 2.98.